The Kier molecular flexibility index (Phi) is 6.40. The number of rotatable bonds is 5. The summed E-state index contributed by atoms with van der Waals surface area (Å²) in [5, 5.41) is 4.03. The van der Waals surface area contributed by atoms with Gasteiger partial charge in [-0.25, -0.2) is 4.98 Å². The van der Waals surface area contributed by atoms with Crippen LogP contribution in [0, 0.1) is 0 Å². The predicted molar refractivity (Wildman–Crippen MR) is 138 cm³/mol. The second-order valence-corrected chi connectivity index (χ2v) is 9.53. The minimum absolute atomic E-state index is 0.112. The zero-order chi connectivity index (χ0) is 23.7. The summed E-state index contributed by atoms with van der Waals surface area (Å²) in [6, 6.07) is 20.0. The van der Waals surface area contributed by atoms with Gasteiger partial charge in [0.15, 0.2) is 0 Å². The zero-order valence-corrected chi connectivity index (χ0v) is 20.3. The lowest BCUT2D eigenvalue weighted by Gasteiger charge is -2.29. The van der Waals surface area contributed by atoms with Crippen molar-refractivity contribution in [2.45, 2.75) is 26.2 Å². The van der Waals surface area contributed by atoms with Gasteiger partial charge in [0, 0.05) is 54.9 Å². The van der Waals surface area contributed by atoms with Crippen LogP contribution in [0.2, 0.25) is 5.02 Å². The number of amides is 1. The van der Waals surface area contributed by atoms with Crippen LogP contribution in [0.4, 0.5) is 0 Å². The standard InChI is InChI=1S/C28H29ClN4O/c1-19(2)22-6-5-7-23(28(34)32-16-13-30-14-17-32)24(22)18-25-27(20-9-11-21(29)12-10-20)31-26-8-3-4-15-33(25)26/h3-12,15,19,30H,13-14,16-18H2,1-2H3. The van der Waals surface area contributed by atoms with E-state index in [1.807, 2.05) is 65.7 Å². The number of pyridine rings is 1. The molecule has 5 rings (SSSR count). The van der Waals surface area contributed by atoms with Crippen LogP contribution in [0.15, 0.2) is 66.9 Å². The molecule has 1 amide bonds. The maximum atomic E-state index is 13.6. The predicted octanol–water partition coefficient (Wildman–Crippen LogP) is 5.41. The monoisotopic (exact) mass is 472 g/mol. The minimum Gasteiger partial charge on any atom is -0.336 e. The van der Waals surface area contributed by atoms with Crippen LogP contribution < -0.4 is 5.32 Å². The van der Waals surface area contributed by atoms with Crippen LogP contribution in [0.1, 0.15) is 46.9 Å². The molecule has 1 aliphatic heterocycles. The van der Waals surface area contributed by atoms with E-state index in [1.54, 1.807) is 0 Å². The van der Waals surface area contributed by atoms with Crippen LogP contribution in [0.25, 0.3) is 16.9 Å². The number of carbonyl (C=O) groups excluding carboxylic acids is 1. The summed E-state index contributed by atoms with van der Waals surface area (Å²) in [5.74, 6) is 0.407. The Morgan fingerprint density at radius 1 is 1.03 bits per heavy atom. The molecule has 0 spiro atoms. The van der Waals surface area contributed by atoms with E-state index in [0.29, 0.717) is 17.4 Å². The third kappa shape index (κ3) is 4.33. The number of nitrogens with one attached hydrogen (secondary N) is 1. The number of fused-ring (bicyclic) bond motifs is 1. The van der Waals surface area contributed by atoms with Crippen LogP contribution in [0.5, 0.6) is 0 Å². The lowest BCUT2D eigenvalue weighted by Crippen LogP contribution is -2.46. The molecule has 0 atom stereocenters. The largest absolute Gasteiger partial charge is 0.336 e. The fourth-order valence-corrected chi connectivity index (χ4v) is 4.93. The highest BCUT2D eigenvalue weighted by Crippen LogP contribution is 2.32. The Balaban J connectivity index is 1.66. The first-order valence-corrected chi connectivity index (χ1v) is 12.2. The van der Waals surface area contributed by atoms with E-state index in [9.17, 15) is 4.79 Å². The molecule has 5 nitrogen and oxygen atoms in total. The average molecular weight is 473 g/mol. The van der Waals surface area contributed by atoms with Crippen molar-refractivity contribution in [3.63, 3.8) is 0 Å². The Hall–Kier alpha value is -3.15. The number of halogens is 1. The van der Waals surface area contributed by atoms with Crippen molar-refractivity contribution >= 4 is 23.2 Å². The van der Waals surface area contributed by atoms with E-state index in [0.717, 1.165) is 59.9 Å². The Morgan fingerprint density at radius 2 is 1.79 bits per heavy atom. The minimum atomic E-state index is 0.112. The number of nitrogens with zero attached hydrogens (tertiary/aromatic N) is 3. The van der Waals surface area contributed by atoms with Gasteiger partial charge in [-0.2, -0.15) is 0 Å². The van der Waals surface area contributed by atoms with E-state index < -0.39 is 0 Å². The highest BCUT2D eigenvalue weighted by molar-refractivity contribution is 6.30. The number of imidazole rings is 1. The third-order valence-corrected chi connectivity index (χ3v) is 6.81. The molecular weight excluding hydrogens is 444 g/mol. The number of hydrogen-bond acceptors (Lipinski definition) is 3. The van der Waals surface area contributed by atoms with Crippen LogP contribution >= 0.6 is 11.6 Å². The maximum absolute atomic E-state index is 13.6. The third-order valence-electron chi connectivity index (χ3n) is 6.56. The van der Waals surface area contributed by atoms with E-state index >= 15 is 0 Å². The van der Waals surface area contributed by atoms with E-state index in [1.165, 1.54) is 5.56 Å². The molecule has 6 heteroatoms. The molecule has 34 heavy (non-hydrogen) atoms. The summed E-state index contributed by atoms with van der Waals surface area (Å²) < 4.78 is 2.14. The molecule has 0 unspecified atom stereocenters. The summed E-state index contributed by atoms with van der Waals surface area (Å²) >= 11 is 6.16. The maximum Gasteiger partial charge on any atom is 0.254 e. The van der Waals surface area contributed by atoms with Crippen LogP contribution in [-0.4, -0.2) is 46.4 Å². The first-order chi connectivity index (χ1) is 16.5. The van der Waals surface area contributed by atoms with Crippen molar-refractivity contribution in [2.24, 2.45) is 0 Å². The zero-order valence-electron chi connectivity index (χ0n) is 19.6. The summed E-state index contributed by atoms with van der Waals surface area (Å²) in [6.45, 7) is 7.50. The van der Waals surface area contributed by atoms with Crippen molar-refractivity contribution in [1.29, 1.82) is 0 Å². The highest BCUT2D eigenvalue weighted by Gasteiger charge is 2.25. The van der Waals surface area contributed by atoms with Gasteiger partial charge in [0.25, 0.3) is 5.91 Å². The van der Waals surface area contributed by atoms with E-state index in [-0.39, 0.29) is 5.91 Å². The van der Waals surface area contributed by atoms with Crippen molar-refractivity contribution in [2.75, 3.05) is 26.2 Å². The fraction of sp³-hybridized carbons (Fsp3) is 0.286. The topological polar surface area (TPSA) is 49.6 Å². The first-order valence-electron chi connectivity index (χ1n) is 11.9. The van der Waals surface area contributed by atoms with Gasteiger partial charge in [0.1, 0.15) is 5.65 Å². The molecule has 2 aromatic carbocycles. The Bertz CT molecular complexity index is 1320. The number of aromatic nitrogens is 2. The van der Waals surface area contributed by atoms with Crippen molar-refractivity contribution in [3.8, 4) is 11.3 Å². The van der Waals surface area contributed by atoms with Crippen molar-refractivity contribution in [1.82, 2.24) is 19.6 Å². The van der Waals surface area contributed by atoms with E-state index in [4.69, 9.17) is 16.6 Å². The molecular formula is C28H29ClN4O. The first kappa shape index (κ1) is 22.6. The Labute approximate surface area is 205 Å². The van der Waals surface area contributed by atoms with Crippen molar-refractivity contribution < 1.29 is 4.79 Å². The van der Waals surface area contributed by atoms with Gasteiger partial charge in [0.05, 0.1) is 11.4 Å². The molecule has 4 aromatic rings. The van der Waals surface area contributed by atoms with Crippen LogP contribution in [-0.2, 0) is 6.42 Å². The van der Waals surface area contributed by atoms with Crippen LogP contribution in [0.3, 0.4) is 0 Å². The quantitative estimate of drug-likeness (QED) is 0.422. The van der Waals surface area contributed by atoms with Gasteiger partial charge in [-0.3, -0.25) is 4.79 Å². The molecule has 1 aliphatic rings. The molecule has 0 aliphatic carbocycles. The van der Waals surface area contributed by atoms with Crippen molar-refractivity contribution in [3.05, 3.63) is 94.3 Å². The normalized spacial score (nSPS) is 14.2. The molecule has 174 valence electrons. The number of piperazine rings is 1. The van der Waals surface area contributed by atoms with Gasteiger partial charge < -0.3 is 14.6 Å². The molecule has 1 fully saturated rings. The molecule has 0 saturated carbocycles. The van der Waals surface area contributed by atoms with Gasteiger partial charge in [0.2, 0.25) is 0 Å². The number of benzene rings is 2. The van der Waals surface area contributed by atoms with E-state index in [2.05, 4.69) is 29.6 Å². The molecule has 3 heterocycles. The second kappa shape index (κ2) is 9.61. The van der Waals surface area contributed by atoms with Gasteiger partial charge in [-0.05, 0) is 47.4 Å². The van der Waals surface area contributed by atoms with Gasteiger partial charge in [-0.15, -0.1) is 0 Å². The summed E-state index contributed by atoms with van der Waals surface area (Å²) in [7, 11) is 0. The molecule has 0 radical (unpaired) electrons. The average Bonchev–Trinajstić information content (AvgIpc) is 3.23. The molecule has 2 aromatic heterocycles. The SMILES string of the molecule is CC(C)c1cccc(C(=O)N2CCNCC2)c1Cc1c(-c2ccc(Cl)cc2)nc2ccccn12. The second-order valence-electron chi connectivity index (χ2n) is 9.09. The molecule has 1 saturated heterocycles. The lowest BCUT2D eigenvalue weighted by atomic mass is 9.89. The lowest BCUT2D eigenvalue weighted by molar-refractivity contribution is 0.0734. The van der Waals surface area contributed by atoms with Gasteiger partial charge >= 0.3 is 0 Å². The number of carbonyl (C=O) groups is 1. The number of hydrogen-bond donors (Lipinski definition) is 1. The smallest absolute Gasteiger partial charge is 0.254 e. The Morgan fingerprint density at radius 3 is 2.53 bits per heavy atom. The summed E-state index contributed by atoms with van der Waals surface area (Å²) in [6.07, 6.45) is 2.66. The fourth-order valence-electron chi connectivity index (χ4n) is 4.80. The summed E-state index contributed by atoms with van der Waals surface area (Å²) in [4.78, 5) is 20.6. The van der Waals surface area contributed by atoms with Gasteiger partial charge in [-0.1, -0.05) is 55.8 Å². The molecule has 1 N–H and O–H groups in total. The summed E-state index contributed by atoms with van der Waals surface area (Å²) in [5.41, 5.74) is 6.97. The molecule has 0 bridgehead atoms. The highest BCUT2D eigenvalue weighted by atomic mass is 35.5.